The molecule has 1 rings (SSSR count). The van der Waals surface area contributed by atoms with Crippen LogP contribution in [0.3, 0.4) is 0 Å². The van der Waals surface area contributed by atoms with Gasteiger partial charge in [-0.25, -0.2) is 9.59 Å². The van der Waals surface area contributed by atoms with E-state index in [1.807, 2.05) is 0 Å². The van der Waals surface area contributed by atoms with Gasteiger partial charge in [-0.3, -0.25) is 0 Å². The fraction of sp³-hybridized carbons (Fsp3) is 0.333. The highest BCUT2D eigenvalue weighted by molar-refractivity contribution is 7.10. The molecule has 0 aliphatic rings. The molecule has 0 fully saturated rings. The Morgan fingerprint density at radius 3 is 2.80 bits per heavy atom. The summed E-state index contributed by atoms with van der Waals surface area (Å²) in [6.07, 6.45) is 0. The summed E-state index contributed by atoms with van der Waals surface area (Å²) in [7, 11) is 0. The van der Waals surface area contributed by atoms with Crippen LogP contribution >= 0.6 is 11.3 Å². The zero-order valence-electron chi connectivity index (χ0n) is 8.49. The molecule has 0 radical (unpaired) electrons. The topological polar surface area (TPSA) is 81.4 Å². The summed E-state index contributed by atoms with van der Waals surface area (Å²) < 4.78 is 4.86. The van der Waals surface area contributed by atoms with Crippen molar-refractivity contribution in [3.63, 3.8) is 0 Å². The van der Waals surface area contributed by atoms with Crippen LogP contribution in [0.25, 0.3) is 0 Å². The lowest BCUT2D eigenvalue weighted by molar-refractivity contribution is 0.0527. The minimum Gasteiger partial charge on any atom is -0.462 e. The van der Waals surface area contributed by atoms with Crippen molar-refractivity contribution in [2.75, 3.05) is 11.9 Å². The molecular weight excluding hydrogens is 216 g/mol. The summed E-state index contributed by atoms with van der Waals surface area (Å²) in [5, 5.41) is 4.04. The molecule has 0 atom stereocenters. The molecule has 1 heterocycles. The summed E-state index contributed by atoms with van der Waals surface area (Å²) in [5.41, 5.74) is 5.76. The lowest BCUT2D eigenvalue weighted by atomic mass is 10.2. The standard InChI is InChI=1S/C9H12N2O3S/c1-3-14-8(12)7-5(2)15-4-6(7)11-9(10)13/h4H,3H2,1-2H3,(H3,10,11,13). The highest BCUT2D eigenvalue weighted by Gasteiger charge is 2.18. The number of urea groups is 1. The number of carbonyl (C=O) groups is 2. The monoisotopic (exact) mass is 228 g/mol. The van der Waals surface area contributed by atoms with Crippen LogP contribution in [0.4, 0.5) is 10.5 Å². The van der Waals surface area contributed by atoms with Gasteiger partial charge >= 0.3 is 12.0 Å². The van der Waals surface area contributed by atoms with E-state index in [9.17, 15) is 9.59 Å². The number of esters is 1. The molecule has 15 heavy (non-hydrogen) atoms. The van der Waals surface area contributed by atoms with Gasteiger partial charge in [0, 0.05) is 10.3 Å². The van der Waals surface area contributed by atoms with Crippen LogP contribution in [-0.2, 0) is 4.74 Å². The molecule has 0 aliphatic heterocycles. The minimum absolute atomic E-state index is 0.296. The fourth-order valence-electron chi connectivity index (χ4n) is 1.14. The van der Waals surface area contributed by atoms with Crippen molar-refractivity contribution in [2.24, 2.45) is 5.73 Å². The van der Waals surface area contributed by atoms with Crippen molar-refractivity contribution in [2.45, 2.75) is 13.8 Å². The summed E-state index contributed by atoms with van der Waals surface area (Å²) in [6.45, 7) is 3.80. The van der Waals surface area contributed by atoms with Crippen LogP contribution in [-0.4, -0.2) is 18.6 Å². The van der Waals surface area contributed by atoms with Crippen molar-refractivity contribution in [3.05, 3.63) is 15.8 Å². The number of anilines is 1. The molecule has 3 N–H and O–H groups in total. The quantitative estimate of drug-likeness (QED) is 0.773. The van der Waals surface area contributed by atoms with Crippen LogP contribution < -0.4 is 11.1 Å². The van der Waals surface area contributed by atoms with Gasteiger partial charge in [0.1, 0.15) is 0 Å². The summed E-state index contributed by atoms with van der Waals surface area (Å²) in [4.78, 5) is 23.0. The van der Waals surface area contributed by atoms with Crippen LogP contribution in [0.5, 0.6) is 0 Å². The number of nitrogens with two attached hydrogens (primary N) is 1. The predicted octanol–water partition coefficient (Wildman–Crippen LogP) is 1.72. The molecule has 5 nitrogen and oxygen atoms in total. The molecule has 1 aromatic heterocycles. The highest BCUT2D eigenvalue weighted by atomic mass is 32.1. The second-order valence-corrected chi connectivity index (χ2v) is 3.87. The summed E-state index contributed by atoms with van der Waals surface area (Å²) in [6, 6.07) is -0.696. The number of thiophene rings is 1. The average Bonchev–Trinajstić information content (AvgIpc) is 2.46. The van der Waals surface area contributed by atoms with Gasteiger partial charge in [-0.2, -0.15) is 0 Å². The van der Waals surface area contributed by atoms with Crippen molar-refractivity contribution in [1.29, 1.82) is 0 Å². The summed E-state index contributed by atoms with van der Waals surface area (Å²) in [5.74, 6) is -0.444. The molecule has 0 unspecified atom stereocenters. The maximum absolute atomic E-state index is 11.5. The predicted molar refractivity (Wildman–Crippen MR) is 58.2 cm³/mol. The maximum Gasteiger partial charge on any atom is 0.341 e. The zero-order chi connectivity index (χ0) is 11.4. The molecule has 0 aliphatic carbocycles. The largest absolute Gasteiger partial charge is 0.462 e. The first kappa shape index (κ1) is 11.5. The molecular formula is C9H12N2O3S. The molecule has 0 aromatic carbocycles. The molecule has 6 heteroatoms. The van der Waals surface area contributed by atoms with Gasteiger partial charge in [0.15, 0.2) is 0 Å². The van der Waals surface area contributed by atoms with E-state index < -0.39 is 12.0 Å². The molecule has 82 valence electrons. The van der Waals surface area contributed by atoms with E-state index in [4.69, 9.17) is 10.5 Å². The van der Waals surface area contributed by atoms with Gasteiger partial charge in [-0.1, -0.05) is 0 Å². The Hall–Kier alpha value is -1.56. The second kappa shape index (κ2) is 4.79. The maximum atomic E-state index is 11.5. The Kier molecular flexibility index (Phi) is 3.68. The number of aryl methyl sites for hydroxylation is 1. The Bertz CT molecular complexity index is 387. The molecule has 0 bridgehead atoms. The van der Waals surface area contributed by atoms with E-state index in [-0.39, 0.29) is 0 Å². The van der Waals surface area contributed by atoms with E-state index >= 15 is 0 Å². The average molecular weight is 228 g/mol. The van der Waals surface area contributed by atoms with E-state index in [1.54, 1.807) is 19.2 Å². The number of hydrogen-bond acceptors (Lipinski definition) is 4. The first-order valence-electron chi connectivity index (χ1n) is 4.38. The second-order valence-electron chi connectivity index (χ2n) is 2.79. The van der Waals surface area contributed by atoms with Gasteiger partial charge in [0.25, 0.3) is 0 Å². The third kappa shape index (κ3) is 2.69. The van der Waals surface area contributed by atoms with Gasteiger partial charge < -0.3 is 15.8 Å². The molecule has 2 amide bonds. The van der Waals surface area contributed by atoms with Crippen molar-refractivity contribution < 1.29 is 14.3 Å². The van der Waals surface area contributed by atoms with E-state index in [1.165, 1.54) is 11.3 Å². The summed E-state index contributed by atoms with van der Waals surface area (Å²) >= 11 is 1.36. The van der Waals surface area contributed by atoms with Crippen LogP contribution in [0.1, 0.15) is 22.2 Å². The SMILES string of the molecule is CCOC(=O)c1c(NC(N)=O)csc1C. The normalized spacial score (nSPS) is 9.73. The highest BCUT2D eigenvalue weighted by Crippen LogP contribution is 2.27. The first-order valence-corrected chi connectivity index (χ1v) is 5.25. The number of primary amides is 1. The Morgan fingerprint density at radius 2 is 2.27 bits per heavy atom. The van der Waals surface area contributed by atoms with Crippen LogP contribution in [0, 0.1) is 6.92 Å². The molecule has 0 saturated carbocycles. The lowest BCUT2D eigenvalue weighted by Crippen LogP contribution is -2.20. The Balaban J connectivity index is 2.98. The number of nitrogens with one attached hydrogen (secondary N) is 1. The Labute approximate surface area is 91.2 Å². The van der Waals surface area contributed by atoms with E-state index in [0.717, 1.165) is 4.88 Å². The number of carbonyl (C=O) groups excluding carboxylic acids is 2. The van der Waals surface area contributed by atoms with Crippen LogP contribution in [0.2, 0.25) is 0 Å². The first-order chi connectivity index (χ1) is 7.06. The third-order valence-electron chi connectivity index (χ3n) is 1.71. The molecule has 0 spiro atoms. The number of rotatable bonds is 3. The van der Waals surface area contributed by atoms with Crippen molar-refractivity contribution >= 4 is 29.0 Å². The van der Waals surface area contributed by atoms with Crippen molar-refractivity contribution in [1.82, 2.24) is 0 Å². The van der Waals surface area contributed by atoms with Crippen LogP contribution in [0.15, 0.2) is 5.38 Å². The smallest absolute Gasteiger partial charge is 0.341 e. The zero-order valence-corrected chi connectivity index (χ0v) is 9.31. The molecule has 0 saturated heterocycles. The van der Waals surface area contributed by atoms with E-state index in [2.05, 4.69) is 5.32 Å². The fourth-order valence-corrected chi connectivity index (χ4v) is 1.92. The third-order valence-corrected chi connectivity index (χ3v) is 2.62. The Morgan fingerprint density at radius 1 is 1.60 bits per heavy atom. The van der Waals surface area contributed by atoms with Gasteiger partial charge in [0.05, 0.1) is 17.9 Å². The van der Waals surface area contributed by atoms with Crippen molar-refractivity contribution in [3.8, 4) is 0 Å². The number of amides is 2. The van der Waals surface area contributed by atoms with Gasteiger partial charge in [-0.05, 0) is 13.8 Å². The molecule has 1 aromatic rings. The van der Waals surface area contributed by atoms with Gasteiger partial charge in [0.2, 0.25) is 0 Å². The minimum atomic E-state index is -0.696. The number of hydrogen-bond donors (Lipinski definition) is 2. The van der Waals surface area contributed by atoms with Gasteiger partial charge in [-0.15, -0.1) is 11.3 Å². The van der Waals surface area contributed by atoms with E-state index in [0.29, 0.717) is 17.9 Å². The number of ether oxygens (including phenoxy) is 1. The lowest BCUT2D eigenvalue weighted by Gasteiger charge is -2.04.